The molecule has 0 aliphatic carbocycles. The van der Waals surface area contributed by atoms with E-state index in [0.717, 1.165) is 30.2 Å². The largest absolute Gasteiger partial charge is 0.0987 e. The lowest BCUT2D eigenvalue weighted by Crippen LogP contribution is -2.76. The van der Waals surface area contributed by atoms with Gasteiger partial charge >= 0.3 is 0 Å². The Morgan fingerprint density at radius 2 is 0.442 bits per heavy atom. The van der Waals surface area contributed by atoms with Crippen molar-refractivity contribution in [3.05, 3.63) is 0 Å². The van der Waals surface area contributed by atoms with Crippen molar-refractivity contribution in [3.63, 3.8) is 0 Å². The molecule has 0 rings (SSSR count). The van der Waals surface area contributed by atoms with Gasteiger partial charge in [0.15, 0.2) is 0 Å². The van der Waals surface area contributed by atoms with Crippen LogP contribution < -0.4 is 0 Å². The quantitative estimate of drug-likeness (QED) is 0.152. The van der Waals surface area contributed by atoms with Gasteiger partial charge < -0.3 is 0 Å². The fourth-order valence-corrected chi connectivity index (χ4v) is 202. The van der Waals surface area contributed by atoms with Gasteiger partial charge in [0.05, 0.1) is 15.2 Å². The van der Waals surface area contributed by atoms with Gasteiger partial charge in [-0.3, -0.25) is 0 Å². The summed E-state index contributed by atoms with van der Waals surface area (Å²) in [6, 6.07) is 0. The van der Waals surface area contributed by atoms with Gasteiger partial charge in [0.2, 0.25) is 0 Å². The van der Waals surface area contributed by atoms with Crippen molar-refractivity contribution in [1.82, 2.24) is 0 Å². The van der Waals surface area contributed by atoms with Crippen LogP contribution in [0.25, 0.3) is 0 Å². The summed E-state index contributed by atoms with van der Waals surface area (Å²) in [4.78, 5) is 4.29. The Hall–Kier alpha value is 2.60. The lowest BCUT2D eigenvalue weighted by Gasteiger charge is -2.66. The van der Waals surface area contributed by atoms with Crippen LogP contribution in [0.15, 0.2) is 0 Å². The molecule has 0 atom stereocenters. The molecule has 12 heteroatoms. The van der Waals surface area contributed by atoms with E-state index in [9.17, 15) is 0 Å². The lowest BCUT2D eigenvalue weighted by atomic mass is 9.77. The topological polar surface area (TPSA) is 0 Å². The van der Waals surface area contributed by atoms with Crippen molar-refractivity contribution in [2.24, 2.45) is 10.8 Å². The molecular weight excluding hydrogens is 817 g/mol. The second kappa shape index (κ2) is 16.6. The first-order chi connectivity index (χ1) is 22.0. The zero-order chi connectivity index (χ0) is 42.9. The molecule has 0 heterocycles. The molecule has 0 aliphatic heterocycles. The molecule has 0 fully saturated rings. The van der Waals surface area contributed by atoms with Crippen LogP contribution in [-0.4, -0.2) is 95.6 Å². The number of hydrogen-bond donors (Lipinski definition) is 0. The van der Waals surface area contributed by atoms with Crippen molar-refractivity contribution in [2.75, 3.05) is 0 Å². The van der Waals surface area contributed by atoms with Crippen LogP contribution in [0, 0.1) is 10.8 Å². The van der Waals surface area contributed by atoms with E-state index in [1.165, 1.54) is 15.9 Å². The highest BCUT2D eigenvalue weighted by Crippen LogP contribution is 2.64. The predicted molar refractivity (Wildman–Crippen MR) is 283 cm³/mol. The molecule has 0 saturated carbocycles. The Balaban J connectivity index is 10.4. The molecule has 0 bridgehead atoms. The molecule has 0 nitrogen and oxygen atoms in total. The lowest BCUT2D eigenvalue weighted by molar-refractivity contribution is 0.226. The van der Waals surface area contributed by atoms with E-state index < -0.39 is 79.8 Å². The highest BCUT2D eigenvalue weighted by Gasteiger charge is 2.68. The molecule has 0 aliphatic rings. The highest BCUT2D eigenvalue weighted by molar-refractivity contribution is 7.52. The third-order valence-electron chi connectivity index (χ3n) is 12.5. The Morgan fingerprint density at radius 1 is 0.288 bits per heavy atom. The van der Waals surface area contributed by atoms with Crippen LogP contribution >= 0.6 is 0 Å². The van der Waals surface area contributed by atoms with Gasteiger partial charge in [0.25, 0.3) is 0 Å². The molecule has 0 unspecified atom stereocenters. The van der Waals surface area contributed by atoms with Crippen LogP contribution in [0.3, 0.4) is 0 Å². The molecule has 0 saturated heterocycles. The number of rotatable bonds is 14. The summed E-state index contributed by atoms with van der Waals surface area (Å²) in [6.45, 7) is 91.4. The predicted octanol–water partition coefficient (Wildman–Crippen LogP) is 15.6. The molecule has 0 aromatic carbocycles. The van der Waals surface area contributed by atoms with Crippen LogP contribution in [0.1, 0.15) is 55.4 Å². The maximum absolute atomic E-state index is 2.89. The van der Waals surface area contributed by atoms with Gasteiger partial charge in [0, 0.05) is 64.6 Å². The SMILES string of the molecule is CC(C)[Si]([Si]#[Si][Si](C(C(C)(C)C)C(C)(C)C)(C([Si](C)(C)C)[Si](C)(C)C)C([Si](C)(C)C)[Si](C)(C)C)(C([Si](C)(C)C)[Si](C)(C)C)C([Si](C)(C)C)[Si](C)(C)C. The van der Waals surface area contributed by atoms with Crippen LogP contribution in [0.2, 0.25) is 187 Å². The zero-order valence-corrected chi connectivity index (χ0v) is 54.5. The van der Waals surface area contributed by atoms with Crippen LogP contribution in [0.5, 0.6) is 0 Å². The Bertz CT molecular complexity index is 1060. The highest BCUT2D eigenvalue weighted by atomic mass is 29.5. The van der Waals surface area contributed by atoms with E-state index in [2.05, 4.69) is 213 Å². The maximum atomic E-state index is 2.89. The van der Waals surface area contributed by atoms with Crippen LogP contribution in [0.4, 0.5) is 0 Å². The smallest absolute Gasteiger partial charge is 0.0788 e. The Kier molecular flexibility index (Phi) is 17.4. The van der Waals surface area contributed by atoms with Crippen molar-refractivity contribution in [3.8, 4) is 0 Å². The minimum atomic E-state index is -2.10. The summed E-state index contributed by atoms with van der Waals surface area (Å²) < 4.78 is 0. The molecule has 0 N–H and O–H groups in total. The average molecular weight is 920 g/mol. The summed E-state index contributed by atoms with van der Waals surface area (Å²) in [5.74, 6) is 0. The van der Waals surface area contributed by atoms with Crippen LogP contribution in [-0.2, 0) is 0 Å². The number of hydrogen-bond acceptors (Lipinski definition) is 0. The van der Waals surface area contributed by atoms with Gasteiger partial charge in [-0.25, -0.2) is 0 Å². The maximum Gasteiger partial charge on any atom is 0.0987 e. The first-order valence-corrected chi connectivity index (χ1v) is 59.6. The van der Waals surface area contributed by atoms with E-state index in [1.54, 1.807) is 0 Å². The fraction of sp³-hybridized carbons (Fsp3) is 1.00. The molecule has 0 amide bonds. The first-order valence-electron chi connectivity index (χ1n) is 21.5. The van der Waals surface area contributed by atoms with Gasteiger partial charge in [-0.15, -0.1) is 0 Å². The van der Waals surface area contributed by atoms with Crippen molar-refractivity contribution >= 4 is 95.6 Å². The summed E-state index contributed by atoms with van der Waals surface area (Å²) in [5, 5.41) is 0. The van der Waals surface area contributed by atoms with Crippen molar-refractivity contribution in [1.29, 1.82) is 0 Å². The van der Waals surface area contributed by atoms with E-state index >= 15 is 0 Å². The summed E-state index contributed by atoms with van der Waals surface area (Å²) in [5.41, 5.74) is 2.35. The van der Waals surface area contributed by atoms with Gasteiger partial charge in [-0.1, -0.05) is 228 Å². The van der Waals surface area contributed by atoms with Gasteiger partial charge in [0.1, 0.15) is 0 Å². The standard InChI is InChI=1S/C40H102Si12/c1-33(2)51(35(43(9,10)11)44(12,13)14,36(45(15,16)17)46(18,19)20)41-42-52(34(39(3,4)5)40(6,7)8,37(47(21,22)23)48(24,25)26)38(49(27,28)29)50(30,31)32/h33-38H,1-32H3. The fourth-order valence-electron chi connectivity index (χ4n) is 15.7. The molecule has 52 heavy (non-hydrogen) atoms. The molecular formula is C40H102Si12. The summed E-state index contributed by atoms with van der Waals surface area (Å²) >= 11 is 0. The van der Waals surface area contributed by atoms with Crippen molar-refractivity contribution in [2.45, 2.75) is 243 Å². The summed E-state index contributed by atoms with van der Waals surface area (Å²) in [6.07, 6.45) is 0. The molecule has 0 radical (unpaired) electrons. The summed E-state index contributed by atoms with van der Waals surface area (Å²) in [7, 11) is -13.8. The second-order valence-corrected chi connectivity index (χ2v) is 98.0. The molecule has 0 aromatic heterocycles. The minimum Gasteiger partial charge on any atom is -0.0788 e. The molecule has 0 spiro atoms. The minimum absolute atomic E-state index is 0.313. The third-order valence-corrected chi connectivity index (χ3v) is 117. The van der Waals surface area contributed by atoms with E-state index in [1.807, 2.05) is 0 Å². The van der Waals surface area contributed by atoms with E-state index in [0.29, 0.717) is 10.8 Å². The second-order valence-electron chi connectivity index (χ2n) is 29.1. The Morgan fingerprint density at radius 3 is 0.577 bits per heavy atom. The molecule has 0 aromatic rings. The average Bonchev–Trinajstić information content (AvgIpc) is 2.66. The first kappa shape index (κ1) is 54.6. The molecule has 310 valence electrons. The zero-order valence-electron chi connectivity index (χ0n) is 42.5. The third kappa shape index (κ3) is 12.6. The monoisotopic (exact) mass is 919 g/mol. The van der Waals surface area contributed by atoms with E-state index in [4.69, 9.17) is 0 Å². The normalized spacial score (nSPS) is 16.2. The Labute approximate surface area is 346 Å². The van der Waals surface area contributed by atoms with Gasteiger partial charge in [-0.2, -0.15) is 0 Å². The van der Waals surface area contributed by atoms with Crippen molar-refractivity contribution < 1.29 is 0 Å². The van der Waals surface area contributed by atoms with Gasteiger partial charge in [-0.05, 0) is 41.1 Å². The van der Waals surface area contributed by atoms with E-state index in [-0.39, 0.29) is 0 Å².